The molecule has 0 heterocycles. The minimum atomic E-state index is -0.666. The third-order valence-electron chi connectivity index (χ3n) is 3.73. The highest BCUT2D eigenvalue weighted by Gasteiger charge is 2.26. The Bertz CT molecular complexity index is 645. The number of hydrogen-bond donors (Lipinski definition) is 3. The summed E-state index contributed by atoms with van der Waals surface area (Å²) in [7, 11) is 0. The number of amides is 3. The van der Waals surface area contributed by atoms with Gasteiger partial charge >= 0.3 is 0 Å². The van der Waals surface area contributed by atoms with E-state index in [9.17, 15) is 14.4 Å². The second-order valence-electron chi connectivity index (χ2n) is 7.26. The van der Waals surface area contributed by atoms with E-state index in [2.05, 4.69) is 16.0 Å². The fraction of sp³-hybridized carbons (Fsp3) is 0.500. The predicted octanol–water partition coefficient (Wildman–Crippen LogP) is 2.07. The van der Waals surface area contributed by atoms with Crippen LogP contribution in [-0.4, -0.2) is 29.8 Å². The lowest BCUT2D eigenvalue weighted by molar-refractivity contribution is -0.131. The van der Waals surface area contributed by atoms with Crippen molar-refractivity contribution in [2.24, 2.45) is 5.41 Å². The highest BCUT2D eigenvalue weighted by atomic mass is 16.2. The number of carbonyl (C=O) groups is 3. The highest BCUT2D eigenvalue weighted by molar-refractivity contribution is 5.99. The number of rotatable bonds is 5. The lowest BCUT2D eigenvalue weighted by Gasteiger charge is -2.21. The summed E-state index contributed by atoms with van der Waals surface area (Å²) >= 11 is 0. The molecule has 1 saturated carbocycles. The summed E-state index contributed by atoms with van der Waals surface area (Å²) in [5, 5.41) is 8.32. The first-order chi connectivity index (χ1) is 11.2. The van der Waals surface area contributed by atoms with Crippen LogP contribution >= 0.6 is 0 Å². The van der Waals surface area contributed by atoms with Crippen LogP contribution in [-0.2, 0) is 9.59 Å². The molecular formula is C18H25N3O3. The van der Waals surface area contributed by atoms with Crippen molar-refractivity contribution in [3.63, 3.8) is 0 Å². The molecule has 24 heavy (non-hydrogen) atoms. The van der Waals surface area contributed by atoms with Crippen molar-refractivity contribution in [2.75, 3.05) is 5.32 Å². The van der Waals surface area contributed by atoms with Crippen molar-refractivity contribution in [1.82, 2.24) is 10.6 Å². The maximum Gasteiger partial charge on any atom is 0.251 e. The van der Waals surface area contributed by atoms with Crippen molar-refractivity contribution in [3.05, 3.63) is 29.8 Å². The van der Waals surface area contributed by atoms with E-state index in [-0.39, 0.29) is 23.8 Å². The molecule has 0 aromatic heterocycles. The molecule has 1 aromatic carbocycles. The van der Waals surface area contributed by atoms with Gasteiger partial charge in [-0.3, -0.25) is 14.4 Å². The summed E-state index contributed by atoms with van der Waals surface area (Å²) in [6.45, 7) is 6.99. The number of benzene rings is 1. The molecule has 1 unspecified atom stereocenters. The topological polar surface area (TPSA) is 87.3 Å². The van der Waals surface area contributed by atoms with Crippen LogP contribution in [0.4, 0.5) is 5.69 Å². The monoisotopic (exact) mass is 331 g/mol. The van der Waals surface area contributed by atoms with Gasteiger partial charge < -0.3 is 16.0 Å². The van der Waals surface area contributed by atoms with Gasteiger partial charge in [-0.2, -0.15) is 0 Å². The molecule has 2 rings (SSSR count). The molecule has 6 nitrogen and oxygen atoms in total. The maximum atomic E-state index is 12.2. The molecule has 3 N–H and O–H groups in total. The van der Waals surface area contributed by atoms with Crippen molar-refractivity contribution in [3.8, 4) is 0 Å². The van der Waals surface area contributed by atoms with Crippen LogP contribution in [0.15, 0.2) is 24.3 Å². The Morgan fingerprint density at radius 3 is 2.42 bits per heavy atom. The summed E-state index contributed by atoms with van der Waals surface area (Å²) in [5.74, 6) is -0.655. The SMILES string of the molecule is CC(NC(=O)C(C)(C)C)C(=O)Nc1cccc(C(=O)NC2CC2)c1. The molecule has 0 aliphatic heterocycles. The van der Waals surface area contributed by atoms with E-state index in [4.69, 9.17) is 0 Å². The van der Waals surface area contributed by atoms with E-state index < -0.39 is 11.5 Å². The van der Waals surface area contributed by atoms with Crippen molar-refractivity contribution >= 4 is 23.4 Å². The van der Waals surface area contributed by atoms with Crippen LogP contribution in [0.3, 0.4) is 0 Å². The molecule has 1 atom stereocenters. The van der Waals surface area contributed by atoms with Gasteiger partial charge in [-0.25, -0.2) is 0 Å². The van der Waals surface area contributed by atoms with Crippen LogP contribution in [0.2, 0.25) is 0 Å². The summed E-state index contributed by atoms with van der Waals surface area (Å²) in [6.07, 6.45) is 2.04. The molecule has 0 radical (unpaired) electrons. The Balaban J connectivity index is 1.95. The van der Waals surface area contributed by atoms with Crippen LogP contribution < -0.4 is 16.0 Å². The fourth-order valence-corrected chi connectivity index (χ4v) is 1.96. The molecule has 1 fully saturated rings. The summed E-state index contributed by atoms with van der Waals surface area (Å²) in [5.41, 5.74) is 0.474. The number of anilines is 1. The molecule has 1 aliphatic rings. The van der Waals surface area contributed by atoms with E-state index in [0.717, 1.165) is 12.8 Å². The van der Waals surface area contributed by atoms with Gasteiger partial charge in [-0.1, -0.05) is 26.8 Å². The van der Waals surface area contributed by atoms with Gasteiger partial charge in [0, 0.05) is 22.7 Å². The normalized spacial score (nSPS) is 15.3. The number of carbonyl (C=O) groups excluding carboxylic acids is 3. The smallest absolute Gasteiger partial charge is 0.251 e. The van der Waals surface area contributed by atoms with Crippen LogP contribution in [0.5, 0.6) is 0 Å². The molecule has 0 bridgehead atoms. The van der Waals surface area contributed by atoms with Crippen LogP contribution in [0.25, 0.3) is 0 Å². The van der Waals surface area contributed by atoms with Gasteiger partial charge in [0.15, 0.2) is 0 Å². The first-order valence-corrected chi connectivity index (χ1v) is 8.19. The molecule has 130 valence electrons. The Morgan fingerprint density at radius 1 is 1.17 bits per heavy atom. The van der Waals surface area contributed by atoms with Crippen molar-refractivity contribution in [2.45, 2.75) is 52.6 Å². The minimum absolute atomic E-state index is 0.136. The fourth-order valence-electron chi connectivity index (χ4n) is 1.96. The highest BCUT2D eigenvalue weighted by Crippen LogP contribution is 2.20. The van der Waals surface area contributed by atoms with E-state index in [0.29, 0.717) is 11.3 Å². The van der Waals surface area contributed by atoms with Crippen molar-refractivity contribution < 1.29 is 14.4 Å². The zero-order chi connectivity index (χ0) is 17.9. The first kappa shape index (κ1) is 18.0. The van der Waals surface area contributed by atoms with Crippen LogP contribution in [0.1, 0.15) is 50.9 Å². The summed E-state index contributed by atoms with van der Waals surface area (Å²) in [4.78, 5) is 36.2. The van der Waals surface area contributed by atoms with Gasteiger partial charge in [-0.15, -0.1) is 0 Å². The van der Waals surface area contributed by atoms with Gasteiger partial charge in [-0.05, 0) is 38.0 Å². The lowest BCUT2D eigenvalue weighted by atomic mass is 9.95. The zero-order valence-electron chi connectivity index (χ0n) is 14.6. The first-order valence-electron chi connectivity index (χ1n) is 8.19. The number of hydrogen-bond acceptors (Lipinski definition) is 3. The Hall–Kier alpha value is -2.37. The van der Waals surface area contributed by atoms with Crippen molar-refractivity contribution in [1.29, 1.82) is 0 Å². The zero-order valence-corrected chi connectivity index (χ0v) is 14.6. The largest absolute Gasteiger partial charge is 0.349 e. The molecule has 1 aliphatic carbocycles. The third-order valence-corrected chi connectivity index (χ3v) is 3.73. The minimum Gasteiger partial charge on any atom is -0.349 e. The quantitative estimate of drug-likeness (QED) is 0.772. The molecule has 0 spiro atoms. The van der Waals surface area contributed by atoms with Crippen LogP contribution in [0, 0.1) is 5.41 Å². The van der Waals surface area contributed by atoms with Gasteiger partial charge in [0.2, 0.25) is 11.8 Å². The molecule has 1 aromatic rings. The van der Waals surface area contributed by atoms with Gasteiger partial charge in [0.25, 0.3) is 5.91 Å². The third kappa shape index (κ3) is 5.08. The van der Waals surface area contributed by atoms with E-state index >= 15 is 0 Å². The average Bonchev–Trinajstić information content (AvgIpc) is 3.30. The average molecular weight is 331 g/mol. The predicted molar refractivity (Wildman–Crippen MR) is 92.6 cm³/mol. The van der Waals surface area contributed by atoms with Gasteiger partial charge in [0.05, 0.1) is 0 Å². The second-order valence-corrected chi connectivity index (χ2v) is 7.26. The maximum absolute atomic E-state index is 12.2. The number of nitrogens with one attached hydrogen (secondary N) is 3. The van der Waals surface area contributed by atoms with E-state index in [1.54, 1.807) is 52.0 Å². The van der Waals surface area contributed by atoms with E-state index in [1.807, 2.05) is 0 Å². The molecular weight excluding hydrogens is 306 g/mol. The molecule has 6 heteroatoms. The molecule has 0 saturated heterocycles. The second kappa shape index (κ2) is 7.03. The Morgan fingerprint density at radius 2 is 1.83 bits per heavy atom. The standard InChI is InChI=1S/C18H25N3O3/c1-11(19-17(24)18(2,3)4)15(22)21-14-7-5-6-12(10-14)16(23)20-13-8-9-13/h5-7,10-11,13H,8-9H2,1-4H3,(H,19,24)(H,20,23)(H,21,22). The van der Waals surface area contributed by atoms with Gasteiger partial charge in [0.1, 0.15) is 6.04 Å². The Kier molecular flexibility index (Phi) is 5.26. The Labute approximate surface area is 142 Å². The summed E-state index contributed by atoms with van der Waals surface area (Å²) in [6, 6.07) is 6.38. The summed E-state index contributed by atoms with van der Waals surface area (Å²) < 4.78 is 0. The molecule has 3 amide bonds. The van der Waals surface area contributed by atoms with E-state index in [1.165, 1.54) is 0 Å². The lowest BCUT2D eigenvalue weighted by Crippen LogP contribution is -2.46.